The molecule has 0 saturated carbocycles. The van der Waals surface area contributed by atoms with E-state index >= 15 is 0 Å². The molecule has 4 heterocycles. The Labute approximate surface area is 154 Å². The first-order chi connectivity index (χ1) is 12.2. The van der Waals surface area contributed by atoms with Crippen molar-refractivity contribution in [1.82, 2.24) is 19.9 Å². The Morgan fingerprint density at radius 2 is 2.08 bits per heavy atom. The molecule has 1 N–H and O–H groups in total. The average Bonchev–Trinajstić information content (AvgIpc) is 3.22. The molecule has 6 nitrogen and oxygen atoms in total. The molecule has 3 aromatic rings. The molecular weight excluding hydrogens is 354 g/mol. The maximum absolute atomic E-state index is 5.43. The average molecular weight is 376 g/mol. The summed E-state index contributed by atoms with van der Waals surface area (Å²) in [5.41, 5.74) is 4.16. The Morgan fingerprint density at radius 3 is 2.84 bits per heavy atom. The number of hydrogen-bond acceptors (Lipinski definition) is 8. The second-order valence-corrected chi connectivity index (χ2v) is 8.10. The number of ether oxygens (including phenoxy) is 1. The molecule has 8 heteroatoms. The summed E-state index contributed by atoms with van der Waals surface area (Å²) in [4.78, 5) is 18.7. The number of rotatable bonds is 5. The third-order valence-corrected chi connectivity index (χ3v) is 6.20. The number of nitrogens with zero attached hydrogens (tertiary/aromatic N) is 4. The SMILES string of the molecule is Cc1sc2nc(CN3CCOCC3)nc(NCc3cscn3)c2c1C. The zero-order valence-electron chi connectivity index (χ0n) is 14.4. The first-order valence-corrected chi connectivity index (χ1v) is 10.1. The van der Waals surface area contributed by atoms with Gasteiger partial charge in [0.05, 0.1) is 42.9 Å². The van der Waals surface area contributed by atoms with Crippen LogP contribution in [0.4, 0.5) is 5.82 Å². The quantitative estimate of drug-likeness (QED) is 0.739. The second kappa shape index (κ2) is 7.33. The summed E-state index contributed by atoms with van der Waals surface area (Å²) >= 11 is 3.36. The molecule has 0 aromatic carbocycles. The van der Waals surface area contributed by atoms with E-state index in [1.54, 1.807) is 22.7 Å². The number of thiazole rings is 1. The number of aromatic nitrogens is 3. The molecule has 0 spiro atoms. The molecule has 0 aliphatic carbocycles. The lowest BCUT2D eigenvalue weighted by molar-refractivity contribution is 0.0331. The fraction of sp³-hybridized carbons (Fsp3) is 0.471. The maximum atomic E-state index is 5.43. The van der Waals surface area contributed by atoms with Crippen molar-refractivity contribution in [2.45, 2.75) is 26.9 Å². The Balaban J connectivity index is 1.64. The molecule has 1 aliphatic rings. The minimum Gasteiger partial charge on any atom is -0.379 e. The van der Waals surface area contributed by atoms with Crippen molar-refractivity contribution in [3.63, 3.8) is 0 Å². The number of thiophene rings is 1. The molecule has 1 fully saturated rings. The third-order valence-electron chi connectivity index (χ3n) is 4.46. The van der Waals surface area contributed by atoms with E-state index in [4.69, 9.17) is 14.7 Å². The van der Waals surface area contributed by atoms with E-state index < -0.39 is 0 Å². The van der Waals surface area contributed by atoms with Crippen LogP contribution in [0.5, 0.6) is 0 Å². The highest BCUT2D eigenvalue weighted by Gasteiger charge is 2.17. The molecule has 1 saturated heterocycles. The molecule has 0 unspecified atom stereocenters. The van der Waals surface area contributed by atoms with E-state index in [-0.39, 0.29) is 0 Å². The van der Waals surface area contributed by atoms with Crippen LogP contribution in [0, 0.1) is 13.8 Å². The van der Waals surface area contributed by atoms with E-state index in [1.165, 1.54) is 10.4 Å². The monoisotopic (exact) mass is 375 g/mol. The Morgan fingerprint density at radius 1 is 1.24 bits per heavy atom. The number of morpholine rings is 1. The van der Waals surface area contributed by atoms with Gasteiger partial charge in [0.25, 0.3) is 0 Å². The molecule has 0 radical (unpaired) electrons. The highest BCUT2D eigenvalue weighted by molar-refractivity contribution is 7.18. The zero-order chi connectivity index (χ0) is 17.2. The molecular formula is C17H21N5OS2. The van der Waals surface area contributed by atoms with Gasteiger partial charge in [0.2, 0.25) is 0 Å². The summed E-state index contributed by atoms with van der Waals surface area (Å²) in [6, 6.07) is 0. The van der Waals surface area contributed by atoms with Crippen molar-refractivity contribution >= 4 is 38.7 Å². The van der Waals surface area contributed by atoms with Gasteiger partial charge in [-0.05, 0) is 19.4 Å². The maximum Gasteiger partial charge on any atom is 0.146 e. The van der Waals surface area contributed by atoms with Crippen molar-refractivity contribution in [2.24, 2.45) is 0 Å². The van der Waals surface area contributed by atoms with Gasteiger partial charge in [-0.1, -0.05) is 0 Å². The molecule has 1 aliphatic heterocycles. The van der Waals surface area contributed by atoms with E-state index in [1.807, 2.05) is 5.51 Å². The lowest BCUT2D eigenvalue weighted by Crippen LogP contribution is -2.36. The molecule has 4 rings (SSSR count). The van der Waals surface area contributed by atoms with Gasteiger partial charge in [-0.2, -0.15) is 0 Å². The van der Waals surface area contributed by atoms with E-state index in [0.29, 0.717) is 6.54 Å². The van der Waals surface area contributed by atoms with Gasteiger partial charge in [-0.25, -0.2) is 15.0 Å². The highest BCUT2D eigenvalue weighted by atomic mass is 32.1. The zero-order valence-corrected chi connectivity index (χ0v) is 16.0. The normalized spacial score (nSPS) is 15.8. The molecule has 3 aromatic heterocycles. The van der Waals surface area contributed by atoms with E-state index in [0.717, 1.165) is 60.4 Å². The van der Waals surface area contributed by atoms with Crippen LogP contribution in [0.1, 0.15) is 22.0 Å². The van der Waals surface area contributed by atoms with Gasteiger partial charge in [-0.3, -0.25) is 4.90 Å². The van der Waals surface area contributed by atoms with E-state index in [2.05, 4.69) is 34.4 Å². The first-order valence-electron chi connectivity index (χ1n) is 8.38. The van der Waals surface area contributed by atoms with Crippen LogP contribution in [0.2, 0.25) is 0 Å². The van der Waals surface area contributed by atoms with Crippen LogP contribution < -0.4 is 5.32 Å². The van der Waals surface area contributed by atoms with Crippen molar-refractivity contribution in [3.05, 3.63) is 32.8 Å². The topological polar surface area (TPSA) is 63.2 Å². The van der Waals surface area contributed by atoms with Gasteiger partial charge >= 0.3 is 0 Å². The minimum atomic E-state index is 0.681. The van der Waals surface area contributed by atoms with Crippen LogP contribution in [0.15, 0.2) is 10.9 Å². The summed E-state index contributed by atoms with van der Waals surface area (Å²) in [6.07, 6.45) is 0. The summed E-state index contributed by atoms with van der Waals surface area (Å²) in [6.45, 7) is 9.18. The van der Waals surface area contributed by atoms with Gasteiger partial charge in [-0.15, -0.1) is 22.7 Å². The van der Waals surface area contributed by atoms with Crippen LogP contribution >= 0.6 is 22.7 Å². The second-order valence-electron chi connectivity index (χ2n) is 6.17. The number of nitrogens with one attached hydrogen (secondary N) is 1. The van der Waals surface area contributed by atoms with Gasteiger partial charge in [0.15, 0.2) is 0 Å². The third kappa shape index (κ3) is 3.67. The van der Waals surface area contributed by atoms with Crippen molar-refractivity contribution in [3.8, 4) is 0 Å². The molecule has 132 valence electrons. The summed E-state index contributed by atoms with van der Waals surface area (Å²) in [5, 5.41) is 6.68. The summed E-state index contributed by atoms with van der Waals surface area (Å²) < 4.78 is 5.43. The van der Waals surface area contributed by atoms with Crippen LogP contribution in [0.25, 0.3) is 10.2 Å². The van der Waals surface area contributed by atoms with Gasteiger partial charge in [0.1, 0.15) is 16.5 Å². The Bertz CT molecular complexity index is 856. The largest absolute Gasteiger partial charge is 0.379 e. The number of aryl methyl sites for hydroxylation is 2. The lowest BCUT2D eigenvalue weighted by Gasteiger charge is -2.25. The van der Waals surface area contributed by atoms with Crippen molar-refractivity contribution in [2.75, 3.05) is 31.6 Å². The molecule has 25 heavy (non-hydrogen) atoms. The summed E-state index contributed by atoms with van der Waals surface area (Å²) in [7, 11) is 0. The fourth-order valence-corrected chi connectivity index (χ4v) is 4.56. The lowest BCUT2D eigenvalue weighted by atomic mass is 10.2. The van der Waals surface area contributed by atoms with Crippen LogP contribution in [-0.4, -0.2) is 46.2 Å². The predicted octanol–water partition coefficient (Wildman–Crippen LogP) is 3.21. The van der Waals surface area contributed by atoms with Crippen LogP contribution in [0.3, 0.4) is 0 Å². The number of anilines is 1. The smallest absolute Gasteiger partial charge is 0.146 e. The van der Waals surface area contributed by atoms with E-state index in [9.17, 15) is 0 Å². The Kier molecular flexibility index (Phi) is 4.93. The van der Waals surface area contributed by atoms with Gasteiger partial charge < -0.3 is 10.1 Å². The molecule has 0 atom stereocenters. The highest BCUT2D eigenvalue weighted by Crippen LogP contribution is 2.33. The fourth-order valence-electron chi connectivity index (χ4n) is 2.95. The molecule has 0 bridgehead atoms. The standard InChI is InChI=1S/C17H21N5OS2/c1-11-12(2)25-17-15(11)16(18-7-13-9-24-10-19-13)20-14(21-17)8-22-3-5-23-6-4-22/h9-10H,3-8H2,1-2H3,(H,18,20,21). The Hall–Kier alpha value is -1.61. The first kappa shape index (κ1) is 16.8. The van der Waals surface area contributed by atoms with Crippen LogP contribution in [-0.2, 0) is 17.8 Å². The number of hydrogen-bond donors (Lipinski definition) is 1. The predicted molar refractivity (Wildman–Crippen MR) is 102 cm³/mol. The number of fused-ring (bicyclic) bond motifs is 1. The van der Waals surface area contributed by atoms with Gasteiger partial charge in [0, 0.05) is 23.3 Å². The molecule has 0 amide bonds. The summed E-state index contributed by atoms with van der Waals surface area (Å²) in [5.74, 6) is 1.79. The minimum absolute atomic E-state index is 0.681. The van der Waals surface area contributed by atoms with Crippen molar-refractivity contribution < 1.29 is 4.74 Å². The van der Waals surface area contributed by atoms with Crippen molar-refractivity contribution in [1.29, 1.82) is 0 Å².